The van der Waals surface area contributed by atoms with E-state index in [4.69, 9.17) is 4.74 Å². The second-order valence-corrected chi connectivity index (χ2v) is 7.40. The Labute approximate surface area is 151 Å². The van der Waals surface area contributed by atoms with Crippen LogP contribution in [0.5, 0.6) is 0 Å². The van der Waals surface area contributed by atoms with Crippen molar-refractivity contribution in [2.75, 3.05) is 39.0 Å². The lowest BCUT2D eigenvalue weighted by atomic mass is 10.3. The molecule has 7 nitrogen and oxygen atoms in total. The number of nitrogens with one attached hydrogen (secondary N) is 2. The van der Waals surface area contributed by atoms with E-state index in [1.54, 1.807) is 7.05 Å². The van der Waals surface area contributed by atoms with Gasteiger partial charge in [0.15, 0.2) is 5.96 Å². The highest BCUT2D eigenvalue weighted by atomic mass is 127. The number of morpholine rings is 1. The summed E-state index contributed by atoms with van der Waals surface area (Å²) in [6.45, 7) is 7.85. The molecule has 1 aliphatic rings. The van der Waals surface area contributed by atoms with Crippen molar-refractivity contribution in [3.05, 3.63) is 0 Å². The maximum absolute atomic E-state index is 12.3. The smallest absolute Gasteiger partial charge is 0.216 e. The largest absolute Gasteiger partial charge is 0.373 e. The third-order valence-corrected chi connectivity index (χ3v) is 5.00. The molecule has 0 bridgehead atoms. The molecule has 2 atom stereocenters. The maximum Gasteiger partial charge on any atom is 0.216 e. The van der Waals surface area contributed by atoms with E-state index >= 15 is 0 Å². The molecular formula is C13H29IN4O3S. The van der Waals surface area contributed by atoms with Crippen LogP contribution in [0.2, 0.25) is 0 Å². The number of hydrogen-bond donors (Lipinski definition) is 2. The summed E-state index contributed by atoms with van der Waals surface area (Å²) in [4.78, 5) is 4.05. The first-order valence-electron chi connectivity index (χ1n) is 7.46. The topological polar surface area (TPSA) is 83.0 Å². The molecule has 132 valence electrons. The van der Waals surface area contributed by atoms with E-state index in [1.165, 1.54) is 4.31 Å². The first kappa shape index (κ1) is 21.9. The summed E-state index contributed by atoms with van der Waals surface area (Å²) in [5.74, 6) is 0.690. The van der Waals surface area contributed by atoms with Crippen molar-refractivity contribution in [3.63, 3.8) is 0 Å². The van der Waals surface area contributed by atoms with Gasteiger partial charge in [0, 0.05) is 33.2 Å². The summed E-state index contributed by atoms with van der Waals surface area (Å²) < 4.78 is 31.7. The van der Waals surface area contributed by atoms with Crippen LogP contribution in [-0.2, 0) is 14.8 Å². The van der Waals surface area contributed by atoms with Gasteiger partial charge in [0.05, 0.1) is 18.0 Å². The minimum absolute atomic E-state index is 0. The zero-order chi connectivity index (χ0) is 15.9. The Balaban J connectivity index is 0.00000441. The molecule has 0 aromatic heterocycles. The van der Waals surface area contributed by atoms with Gasteiger partial charge in [0.1, 0.15) is 0 Å². The fourth-order valence-electron chi connectivity index (χ4n) is 2.25. The van der Waals surface area contributed by atoms with E-state index in [0.29, 0.717) is 25.6 Å². The summed E-state index contributed by atoms with van der Waals surface area (Å²) in [7, 11) is -1.59. The Hall–Kier alpha value is -0.130. The molecule has 0 aliphatic carbocycles. The van der Waals surface area contributed by atoms with Crippen LogP contribution < -0.4 is 10.6 Å². The van der Waals surface area contributed by atoms with Gasteiger partial charge in [-0.05, 0) is 20.3 Å². The second kappa shape index (κ2) is 10.6. The third kappa shape index (κ3) is 7.42. The van der Waals surface area contributed by atoms with E-state index in [2.05, 4.69) is 22.5 Å². The van der Waals surface area contributed by atoms with Gasteiger partial charge in [0.25, 0.3) is 0 Å². The fourth-order valence-corrected chi connectivity index (χ4v) is 3.74. The first-order chi connectivity index (χ1) is 9.89. The molecule has 0 radical (unpaired) electrons. The molecule has 0 spiro atoms. The Bertz CT molecular complexity index is 435. The minimum atomic E-state index is -3.27. The van der Waals surface area contributed by atoms with Gasteiger partial charge in [0.2, 0.25) is 10.0 Å². The zero-order valence-corrected chi connectivity index (χ0v) is 17.0. The van der Waals surface area contributed by atoms with Crippen LogP contribution in [0.25, 0.3) is 0 Å². The van der Waals surface area contributed by atoms with E-state index in [9.17, 15) is 8.42 Å². The van der Waals surface area contributed by atoms with Crippen molar-refractivity contribution in [2.24, 2.45) is 4.99 Å². The molecule has 1 rings (SSSR count). The number of halogens is 1. The van der Waals surface area contributed by atoms with Crippen LogP contribution >= 0.6 is 24.0 Å². The fraction of sp³-hybridized carbons (Fsp3) is 0.923. The van der Waals surface area contributed by atoms with Gasteiger partial charge in [-0.25, -0.2) is 8.42 Å². The molecule has 0 aromatic carbocycles. The predicted octanol–water partition coefficient (Wildman–Crippen LogP) is 0.618. The minimum Gasteiger partial charge on any atom is -0.373 e. The van der Waals surface area contributed by atoms with Crippen molar-refractivity contribution < 1.29 is 13.2 Å². The molecule has 1 heterocycles. The number of ether oxygens (including phenoxy) is 1. The molecule has 2 unspecified atom stereocenters. The molecule has 22 heavy (non-hydrogen) atoms. The van der Waals surface area contributed by atoms with Crippen LogP contribution in [0.4, 0.5) is 0 Å². The quantitative estimate of drug-likeness (QED) is 0.354. The van der Waals surface area contributed by atoms with E-state index in [-0.39, 0.29) is 41.9 Å². The molecule has 1 saturated heterocycles. The van der Waals surface area contributed by atoms with Crippen LogP contribution in [-0.4, -0.2) is 69.9 Å². The highest BCUT2D eigenvalue weighted by Gasteiger charge is 2.30. The number of rotatable bonds is 6. The van der Waals surface area contributed by atoms with Crippen molar-refractivity contribution in [3.8, 4) is 0 Å². The average Bonchev–Trinajstić information content (AvgIpc) is 2.41. The van der Waals surface area contributed by atoms with Crippen LogP contribution in [0.3, 0.4) is 0 Å². The Morgan fingerprint density at radius 3 is 2.27 bits per heavy atom. The molecule has 1 fully saturated rings. The van der Waals surface area contributed by atoms with Gasteiger partial charge >= 0.3 is 0 Å². The van der Waals surface area contributed by atoms with Crippen LogP contribution in [0.15, 0.2) is 4.99 Å². The Morgan fingerprint density at radius 2 is 1.77 bits per heavy atom. The first-order valence-corrected chi connectivity index (χ1v) is 9.07. The van der Waals surface area contributed by atoms with Crippen LogP contribution in [0.1, 0.15) is 27.2 Å². The second-order valence-electron chi connectivity index (χ2n) is 5.32. The van der Waals surface area contributed by atoms with Crippen LogP contribution in [0, 0.1) is 0 Å². The van der Waals surface area contributed by atoms with Gasteiger partial charge in [-0.15, -0.1) is 24.0 Å². The zero-order valence-electron chi connectivity index (χ0n) is 13.8. The summed E-state index contributed by atoms with van der Waals surface area (Å²) in [6, 6.07) is 0. The van der Waals surface area contributed by atoms with Crippen molar-refractivity contribution in [1.29, 1.82) is 0 Å². The standard InChI is InChI=1S/C13H28N4O3S.HI/c1-5-6-15-13(14-4)16-7-8-21(18,19)17-9-11(2)20-12(3)10-17;/h11-12H,5-10H2,1-4H3,(H2,14,15,16);1H. The summed E-state index contributed by atoms with van der Waals surface area (Å²) in [6.07, 6.45) is 0.869. The molecule has 9 heteroatoms. The Morgan fingerprint density at radius 1 is 1.23 bits per heavy atom. The molecular weight excluding hydrogens is 419 g/mol. The summed E-state index contributed by atoms with van der Waals surface area (Å²) in [5, 5.41) is 6.13. The van der Waals surface area contributed by atoms with E-state index in [1.807, 2.05) is 13.8 Å². The third-order valence-electron chi connectivity index (χ3n) is 3.20. The molecule has 0 amide bonds. The van der Waals surface area contributed by atoms with Gasteiger partial charge in [-0.1, -0.05) is 6.92 Å². The van der Waals surface area contributed by atoms with Gasteiger partial charge in [-0.3, -0.25) is 4.99 Å². The van der Waals surface area contributed by atoms with Gasteiger partial charge in [-0.2, -0.15) is 4.31 Å². The number of guanidine groups is 1. The van der Waals surface area contributed by atoms with Crippen molar-refractivity contribution >= 4 is 40.0 Å². The summed E-state index contributed by atoms with van der Waals surface area (Å²) in [5.41, 5.74) is 0. The Kier molecular flexibility index (Phi) is 10.5. The van der Waals surface area contributed by atoms with Gasteiger partial charge < -0.3 is 15.4 Å². The number of nitrogens with zero attached hydrogens (tertiary/aromatic N) is 2. The number of aliphatic imine (C=N–C) groups is 1. The van der Waals surface area contributed by atoms with E-state index < -0.39 is 10.0 Å². The van der Waals surface area contributed by atoms with Crippen molar-refractivity contribution in [2.45, 2.75) is 39.4 Å². The molecule has 1 aliphatic heterocycles. The highest BCUT2D eigenvalue weighted by molar-refractivity contribution is 14.0. The normalized spacial score (nSPS) is 23.7. The average molecular weight is 448 g/mol. The molecule has 0 saturated carbocycles. The summed E-state index contributed by atoms with van der Waals surface area (Å²) >= 11 is 0. The van der Waals surface area contributed by atoms with E-state index in [0.717, 1.165) is 13.0 Å². The number of sulfonamides is 1. The maximum atomic E-state index is 12.3. The van der Waals surface area contributed by atoms with Crippen molar-refractivity contribution in [1.82, 2.24) is 14.9 Å². The lowest BCUT2D eigenvalue weighted by Gasteiger charge is -2.34. The predicted molar refractivity (Wildman–Crippen MR) is 100 cm³/mol. The lowest BCUT2D eigenvalue weighted by Crippen LogP contribution is -2.50. The monoisotopic (exact) mass is 448 g/mol. The molecule has 0 aromatic rings. The lowest BCUT2D eigenvalue weighted by molar-refractivity contribution is -0.0440. The SMILES string of the molecule is CCCNC(=NC)NCCS(=O)(=O)N1CC(C)OC(C)C1.I. The highest BCUT2D eigenvalue weighted by Crippen LogP contribution is 2.14. The number of hydrogen-bond acceptors (Lipinski definition) is 4. The molecule has 2 N–H and O–H groups in total.